The summed E-state index contributed by atoms with van der Waals surface area (Å²) in [4.78, 5) is 49.4. The monoisotopic (exact) mass is 510 g/mol. The Balaban J connectivity index is 1.85. The van der Waals surface area contributed by atoms with Gasteiger partial charge in [-0.15, -0.1) is 0 Å². The molecule has 198 valence electrons. The molecule has 1 N–H and O–H groups in total. The number of Topliss-reactive ketones (excluding diaryl/α,β-unsaturated/α-hetero) is 1. The third kappa shape index (κ3) is 3.25. The van der Waals surface area contributed by atoms with Gasteiger partial charge in [0.15, 0.2) is 23.7 Å². The quantitative estimate of drug-likeness (QED) is 0.574. The van der Waals surface area contributed by atoms with E-state index >= 15 is 8.78 Å². The Kier molecular flexibility index (Phi) is 6.22. The number of aliphatic hydroxyl groups excluding tert-OH is 1. The van der Waals surface area contributed by atoms with Gasteiger partial charge in [-0.2, -0.15) is 0 Å². The van der Waals surface area contributed by atoms with Crippen molar-refractivity contribution in [3.05, 3.63) is 23.8 Å². The Morgan fingerprint density at radius 1 is 1.19 bits per heavy atom. The van der Waals surface area contributed by atoms with Crippen LogP contribution in [-0.4, -0.2) is 66.1 Å². The molecule has 0 aliphatic heterocycles. The van der Waals surface area contributed by atoms with Gasteiger partial charge in [0.25, 0.3) is 0 Å². The van der Waals surface area contributed by atoms with E-state index in [-0.39, 0.29) is 24.8 Å². The molecule has 3 saturated carbocycles. The van der Waals surface area contributed by atoms with Gasteiger partial charge in [0.2, 0.25) is 5.78 Å². The molecule has 9 atom stereocenters. The number of fused-ring (bicyclic) bond motifs is 5. The van der Waals surface area contributed by atoms with Gasteiger partial charge in [0.05, 0.1) is 13.2 Å². The van der Waals surface area contributed by atoms with E-state index in [0.717, 1.165) is 20.1 Å². The number of ketones is 2. The normalized spacial score (nSPS) is 45.1. The number of allylic oxidation sites excluding steroid dienone is 4. The van der Waals surface area contributed by atoms with Crippen molar-refractivity contribution in [1.82, 2.24) is 0 Å². The summed E-state index contributed by atoms with van der Waals surface area (Å²) >= 11 is 0. The fraction of sp³-hybridized carbons (Fsp3) is 0.692. The molecule has 4 aliphatic carbocycles. The summed E-state index contributed by atoms with van der Waals surface area (Å²) in [6.07, 6.45) is -1.27. The van der Waals surface area contributed by atoms with Crippen molar-refractivity contribution in [1.29, 1.82) is 0 Å². The summed E-state index contributed by atoms with van der Waals surface area (Å²) in [5.74, 6) is -4.31. The molecule has 0 saturated heterocycles. The maximum Gasteiger partial charge on any atom is 0.509 e. The zero-order chi connectivity index (χ0) is 26.8. The lowest BCUT2D eigenvalue weighted by atomic mass is 9.44. The van der Waals surface area contributed by atoms with E-state index in [4.69, 9.17) is 9.47 Å². The number of hydrogen-bond acceptors (Lipinski definition) is 8. The molecule has 4 aliphatic rings. The second-order valence-electron chi connectivity index (χ2n) is 11.0. The minimum atomic E-state index is -2.34. The summed E-state index contributed by atoms with van der Waals surface area (Å²) < 4.78 is 48.2. The highest BCUT2D eigenvalue weighted by Gasteiger charge is 2.78. The van der Waals surface area contributed by atoms with Crippen LogP contribution < -0.4 is 0 Å². The van der Waals surface area contributed by atoms with E-state index in [1.165, 1.54) is 19.1 Å². The lowest BCUT2D eigenvalue weighted by molar-refractivity contribution is -0.226. The predicted molar refractivity (Wildman–Crippen MR) is 121 cm³/mol. The van der Waals surface area contributed by atoms with Crippen LogP contribution in [0.3, 0.4) is 0 Å². The molecule has 0 amide bonds. The molecule has 0 aromatic heterocycles. The van der Waals surface area contributed by atoms with Crippen molar-refractivity contribution in [3.63, 3.8) is 0 Å². The first-order chi connectivity index (χ1) is 16.7. The van der Waals surface area contributed by atoms with Crippen molar-refractivity contribution >= 4 is 23.7 Å². The molecule has 0 unspecified atom stereocenters. The highest BCUT2D eigenvalue weighted by molar-refractivity contribution is 6.01. The van der Waals surface area contributed by atoms with Crippen LogP contribution in [0.2, 0.25) is 0 Å². The van der Waals surface area contributed by atoms with Gasteiger partial charge in [-0.05, 0) is 49.8 Å². The highest BCUT2D eigenvalue weighted by Crippen LogP contribution is 2.71. The van der Waals surface area contributed by atoms with Crippen LogP contribution in [0.15, 0.2) is 23.8 Å². The summed E-state index contributed by atoms with van der Waals surface area (Å²) in [6, 6.07) is 0. The molecule has 8 nitrogen and oxygen atoms in total. The summed E-state index contributed by atoms with van der Waals surface area (Å²) in [6.45, 7) is 5.20. The SMILES string of the molecule is COC(=O)O[C@]1(C(=O)COC(C)=O)[C@H](C)C[C@H]2[C@@H]3C[C@H](F)C4=CC(=O)C=C[C@]4(C)[C@@]3(F)[C@@H](O)C[C@@]21C. The first-order valence-corrected chi connectivity index (χ1v) is 12.1. The third-order valence-corrected chi connectivity index (χ3v) is 9.40. The van der Waals surface area contributed by atoms with Crippen LogP contribution >= 0.6 is 0 Å². The van der Waals surface area contributed by atoms with E-state index in [1.54, 1.807) is 13.8 Å². The molecule has 0 aromatic carbocycles. The van der Waals surface area contributed by atoms with E-state index < -0.39 is 82.4 Å². The van der Waals surface area contributed by atoms with E-state index in [9.17, 15) is 24.3 Å². The number of rotatable bonds is 4. The van der Waals surface area contributed by atoms with E-state index in [2.05, 4.69) is 4.74 Å². The minimum Gasteiger partial charge on any atom is -0.458 e. The van der Waals surface area contributed by atoms with Gasteiger partial charge < -0.3 is 19.3 Å². The number of halogens is 2. The number of carbonyl (C=O) groups excluding carboxylic acids is 4. The van der Waals surface area contributed by atoms with Crippen LogP contribution in [0.1, 0.15) is 47.0 Å². The van der Waals surface area contributed by atoms with Crippen LogP contribution in [0.4, 0.5) is 13.6 Å². The Morgan fingerprint density at radius 2 is 1.86 bits per heavy atom. The molecule has 10 heteroatoms. The molecule has 0 heterocycles. The van der Waals surface area contributed by atoms with Crippen LogP contribution in [0.5, 0.6) is 0 Å². The van der Waals surface area contributed by atoms with Crippen molar-refractivity contribution in [2.24, 2.45) is 28.6 Å². The molecule has 36 heavy (non-hydrogen) atoms. The number of esters is 1. The second-order valence-corrected chi connectivity index (χ2v) is 11.0. The van der Waals surface area contributed by atoms with Gasteiger partial charge in [-0.25, -0.2) is 13.6 Å². The molecule has 0 spiro atoms. The summed E-state index contributed by atoms with van der Waals surface area (Å²) in [5, 5.41) is 11.4. The van der Waals surface area contributed by atoms with Crippen LogP contribution in [-0.2, 0) is 28.6 Å². The lowest BCUT2D eigenvalue weighted by Gasteiger charge is -2.63. The maximum atomic E-state index is 17.3. The molecule has 4 rings (SSSR count). The Bertz CT molecular complexity index is 1070. The van der Waals surface area contributed by atoms with Gasteiger partial charge in [0.1, 0.15) is 6.17 Å². The number of hydrogen-bond donors (Lipinski definition) is 1. The molecule has 3 fully saturated rings. The average Bonchev–Trinajstić information content (AvgIpc) is 3.02. The van der Waals surface area contributed by atoms with E-state index in [0.29, 0.717) is 0 Å². The largest absolute Gasteiger partial charge is 0.509 e. The zero-order valence-electron chi connectivity index (χ0n) is 21.0. The number of ether oxygens (including phenoxy) is 3. The second kappa shape index (κ2) is 8.46. The van der Waals surface area contributed by atoms with Gasteiger partial charge in [0, 0.05) is 29.6 Å². The Morgan fingerprint density at radius 3 is 2.47 bits per heavy atom. The third-order valence-electron chi connectivity index (χ3n) is 9.40. The standard InChI is InChI=1S/C26H32F2O8/c1-13-8-16-17-10-19(27)18-9-15(30)6-7-23(18,3)25(17,28)20(31)11-24(16,4)26(13,36-22(33)34-5)21(32)12-35-14(2)29/h6-7,9,13,16-17,19-20,31H,8,10-12H2,1-5H3/t13-,16+,17+,19+,20+,23+,24+,25+,26+/m1/s1. The Hall–Kier alpha value is -2.62. The van der Waals surface area contributed by atoms with Crippen molar-refractivity contribution in [2.45, 2.75) is 70.5 Å². The van der Waals surface area contributed by atoms with Crippen LogP contribution in [0.25, 0.3) is 0 Å². The van der Waals surface area contributed by atoms with Crippen LogP contribution in [0, 0.1) is 28.6 Å². The molecular weight excluding hydrogens is 478 g/mol. The molecule has 0 radical (unpaired) electrons. The average molecular weight is 511 g/mol. The fourth-order valence-corrected chi connectivity index (χ4v) is 7.84. The predicted octanol–water partition coefficient (Wildman–Crippen LogP) is 3.21. The molecule has 0 bridgehead atoms. The number of carbonyl (C=O) groups is 4. The zero-order valence-corrected chi connectivity index (χ0v) is 21.0. The minimum absolute atomic E-state index is 0.00884. The molecular formula is C26H32F2O8. The first-order valence-electron chi connectivity index (χ1n) is 12.1. The lowest BCUT2D eigenvalue weighted by Crippen LogP contribution is -2.71. The number of aliphatic hydroxyl groups is 1. The Labute approximate surface area is 208 Å². The van der Waals surface area contributed by atoms with Crippen molar-refractivity contribution in [3.8, 4) is 0 Å². The van der Waals surface area contributed by atoms with Gasteiger partial charge in [-0.3, -0.25) is 14.4 Å². The first kappa shape index (κ1) is 26.4. The fourth-order valence-electron chi connectivity index (χ4n) is 7.84. The van der Waals surface area contributed by atoms with Crippen molar-refractivity contribution < 1.29 is 47.3 Å². The maximum absolute atomic E-state index is 17.3. The van der Waals surface area contributed by atoms with Crippen molar-refractivity contribution in [2.75, 3.05) is 13.7 Å². The number of alkyl halides is 2. The van der Waals surface area contributed by atoms with Gasteiger partial charge in [-0.1, -0.05) is 19.9 Å². The topological polar surface area (TPSA) is 116 Å². The highest BCUT2D eigenvalue weighted by atomic mass is 19.1. The van der Waals surface area contributed by atoms with E-state index in [1.807, 2.05) is 0 Å². The summed E-state index contributed by atoms with van der Waals surface area (Å²) in [5.41, 5.74) is -7.18. The van der Waals surface area contributed by atoms with Gasteiger partial charge >= 0.3 is 12.1 Å². The molecule has 0 aromatic rings. The smallest absolute Gasteiger partial charge is 0.458 e. The number of methoxy groups -OCH3 is 1. The summed E-state index contributed by atoms with van der Waals surface area (Å²) in [7, 11) is 1.08.